The molecule has 1 N–H and O–H groups in total. The maximum absolute atomic E-state index is 12.9. The van der Waals surface area contributed by atoms with Crippen molar-refractivity contribution in [3.8, 4) is 11.5 Å². The molecular weight excluding hydrogens is 380 g/mol. The molecule has 3 rings (SSSR count). The number of carbonyl (C=O) groups is 1. The van der Waals surface area contributed by atoms with E-state index in [0.717, 1.165) is 11.8 Å². The van der Waals surface area contributed by atoms with Crippen molar-refractivity contribution >= 4 is 27.3 Å². The van der Waals surface area contributed by atoms with Gasteiger partial charge in [-0.05, 0) is 43.7 Å². The van der Waals surface area contributed by atoms with E-state index in [9.17, 15) is 13.2 Å². The summed E-state index contributed by atoms with van der Waals surface area (Å²) in [5.74, 6) is 0.585. The van der Waals surface area contributed by atoms with Crippen LogP contribution < -0.4 is 19.1 Å². The maximum atomic E-state index is 12.9. The minimum absolute atomic E-state index is 0.153. The summed E-state index contributed by atoms with van der Waals surface area (Å²) in [6.45, 7) is 4.37. The Morgan fingerprint density at radius 2 is 2.04 bits per heavy atom. The lowest BCUT2D eigenvalue weighted by Gasteiger charge is -2.21. The van der Waals surface area contributed by atoms with E-state index in [-0.39, 0.29) is 18.9 Å². The predicted octanol–water partition coefficient (Wildman–Crippen LogP) is 2.95. The minimum Gasteiger partial charge on any atom is -0.492 e. The van der Waals surface area contributed by atoms with E-state index >= 15 is 0 Å². The number of amides is 1. The van der Waals surface area contributed by atoms with Crippen molar-refractivity contribution in [2.45, 2.75) is 26.4 Å². The number of sulfonamides is 1. The third-order valence-corrected chi connectivity index (χ3v) is 5.56. The highest BCUT2D eigenvalue weighted by Crippen LogP contribution is 2.35. The van der Waals surface area contributed by atoms with Crippen LogP contribution in [0, 0.1) is 6.92 Å². The van der Waals surface area contributed by atoms with Crippen molar-refractivity contribution in [1.82, 2.24) is 0 Å². The largest absolute Gasteiger partial charge is 0.492 e. The van der Waals surface area contributed by atoms with Gasteiger partial charge in [0.2, 0.25) is 10.0 Å². The fraction of sp³-hybridized carbons (Fsp3) is 0.350. The van der Waals surface area contributed by atoms with Gasteiger partial charge in [-0.1, -0.05) is 18.2 Å². The van der Waals surface area contributed by atoms with Gasteiger partial charge in [-0.2, -0.15) is 0 Å². The number of fused-ring (bicyclic) bond motifs is 1. The highest BCUT2D eigenvalue weighted by molar-refractivity contribution is 7.92. The second-order valence-electron chi connectivity index (χ2n) is 6.62. The smallest absolute Gasteiger partial charge is 0.265 e. The lowest BCUT2D eigenvalue weighted by atomic mass is 10.2. The summed E-state index contributed by atoms with van der Waals surface area (Å²) < 4.78 is 37.2. The minimum atomic E-state index is -3.50. The molecule has 1 aliphatic heterocycles. The molecule has 0 aliphatic carbocycles. The molecule has 0 saturated carbocycles. The number of hydrogen-bond acceptors (Lipinski definition) is 5. The molecular formula is C20H24N2O5S. The summed E-state index contributed by atoms with van der Waals surface area (Å²) in [5.41, 5.74) is 1.91. The first-order valence-corrected chi connectivity index (χ1v) is 10.9. The van der Waals surface area contributed by atoms with Gasteiger partial charge in [0, 0.05) is 13.0 Å². The fourth-order valence-corrected chi connectivity index (χ4v) is 4.02. The monoisotopic (exact) mass is 404 g/mol. The molecule has 0 saturated heterocycles. The van der Waals surface area contributed by atoms with E-state index in [4.69, 9.17) is 9.47 Å². The van der Waals surface area contributed by atoms with Crippen molar-refractivity contribution in [3.63, 3.8) is 0 Å². The molecule has 28 heavy (non-hydrogen) atoms. The Morgan fingerprint density at radius 1 is 1.29 bits per heavy atom. The summed E-state index contributed by atoms with van der Waals surface area (Å²) >= 11 is 0. The Hall–Kier alpha value is -2.74. The Kier molecular flexibility index (Phi) is 5.79. The Morgan fingerprint density at radius 3 is 2.75 bits per heavy atom. The van der Waals surface area contributed by atoms with E-state index in [1.807, 2.05) is 26.0 Å². The molecule has 1 amide bonds. The van der Waals surface area contributed by atoms with E-state index in [2.05, 4.69) is 5.32 Å². The molecule has 1 aliphatic rings. The molecule has 2 aromatic rings. The summed E-state index contributed by atoms with van der Waals surface area (Å²) in [7, 11) is -3.50. The van der Waals surface area contributed by atoms with Gasteiger partial charge in [0.1, 0.15) is 11.5 Å². The van der Waals surface area contributed by atoms with Gasteiger partial charge in [-0.25, -0.2) is 8.42 Å². The number of hydrogen-bond donors (Lipinski definition) is 1. The van der Waals surface area contributed by atoms with Crippen molar-refractivity contribution < 1.29 is 22.7 Å². The molecule has 0 radical (unpaired) electrons. The third kappa shape index (κ3) is 4.39. The van der Waals surface area contributed by atoms with Gasteiger partial charge < -0.3 is 14.8 Å². The van der Waals surface area contributed by atoms with Crippen molar-refractivity contribution in [3.05, 3.63) is 48.0 Å². The zero-order valence-electron chi connectivity index (χ0n) is 16.1. The number of anilines is 2. The van der Waals surface area contributed by atoms with Crippen LogP contribution in [0.15, 0.2) is 42.5 Å². The number of carbonyl (C=O) groups excluding carboxylic acids is 1. The molecule has 8 heteroatoms. The van der Waals surface area contributed by atoms with Crippen LogP contribution in [0.25, 0.3) is 0 Å². The summed E-state index contributed by atoms with van der Waals surface area (Å²) in [6, 6.07) is 12.4. The zero-order chi connectivity index (χ0) is 20.3. The molecule has 0 spiro atoms. The molecule has 7 nitrogen and oxygen atoms in total. The van der Waals surface area contributed by atoms with Crippen LogP contribution in [-0.2, 0) is 14.8 Å². The van der Waals surface area contributed by atoms with Crippen LogP contribution in [0.2, 0.25) is 0 Å². The Labute approximate surface area is 165 Å². The van der Waals surface area contributed by atoms with E-state index in [0.29, 0.717) is 29.5 Å². The topological polar surface area (TPSA) is 84.9 Å². The SMILES string of the molecule is CCOc1ccccc1NC(=O)C1CCN(S(C)(=O)=O)c2cc(C)ccc2O1. The molecule has 0 aromatic heterocycles. The third-order valence-electron chi connectivity index (χ3n) is 4.38. The first-order valence-electron chi connectivity index (χ1n) is 9.07. The van der Waals surface area contributed by atoms with Gasteiger partial charge in [0.15, 0.2) is 6.10 Å². The van der Waals surface area contributed by atoms with Crippen LogP contribution in [0.4, 0.5) is 11.4 Å². The first kappa shape index (κ1) is 20.0. The molecule has 1 unspecified atom stereocenters. The van der Waals surface area contributed by atoms with Gasteiger partial charge >= 0.3 is 0 Å². The van der Waals surface area contributed by atoms with Crippen molar-refractivity contribution in [2.24, 2.45) is 0 Å². The van der Waals surface area contributed by atoms with Gasteiger partial charge in [-0.3, -0.25) is 9.10 Å². The number of nitrogens with one attached hydrogen (secondary N) is 1. The van der Waals surface area contributed by atoms with E-state index in [1.165, 1.54) is 4.31 Å². The lowest BCUT2D eigenvalue weighted by Crippen LogP contribution is -2.36. The quantitative estimate of drug-likeness (QED) is 0.828. The number of benzene rings is 2. The first-order chi connectivity index (χ1) is 13.3. The molecule has 150 valence electrons. The van der Waals surface area contributed by atoms with Crippen LogP contribution >= 0.6 is 0 Å². The number of ether oxygens (including phenoxy) is 2. The highest BCUT2D eigenvalue weighted by atomic mass is 32.2. The predicted molar refractivity (Wildman–Crippen MR) is 109 cm³/mol. The fourth-order valence-electron chi connectivity index (χ4n) is 3.08. The average Bonchev–Trinajstić information content (AvgIpc) is 2.82. The molecule has 1 atom stereocenters. The lowest BCUT2D eigenvalue weighted by molar-refractivity contribution is -0.122. The number of rotatable bonds is 5. The van der Waals surface area contributed by atoms with Crippen LogP contribution in [0.1, 0.15) is 18.9 Å². The Balaban J connectivity index is 1.87. The van der Waals surface area contributed by atoms with Crippen LogP contribution in [-0.4, -0.2) is 39.8 Å². The van der Waals surface area contributed by atoms with E-state index < -0.39 is 16.1 Å². The molecule has 1 heterocycles. The van der Waals surface area contributed by atoms with Gasteiger partial charge in [0.05, 0.1) is 24.2 Å². The van der Waals surface area contributed by atoms with Crippen molar-refractivity contribution in [2.75, 3.05) is 29.0 Å². The summed E-state index contributed by atoms with van der Waals surface area (Å²) in [4.78, 5) is 12.9. The van der Waals surface area contributed by atoms with Gasteiger partial charge in [0.25, 0.3) is 5.91 Å². The van der Waals surface area contributed by atoms with Crippen LogP contribution in [0.5, 0.6) is 11.5 Å². The standard InChI is InChI=1S/C20H24N2O5S/c1-4-26-17-8-6-5-7-15(17)21-20(23)19-11-12-22(28(3,24)25)16-13-14(2)9-10-18(16)27-19/h5-10,13,19H,4,11-12H2,1-3H3,(H,21,23). The number of para-hydroxylation sites is 2. The molecule has 0 bridgehead atoms. The molecule has 0 fully saturated rings. The number of nitrogens with zero attached hydrogens (tertiary/aromatic N) is 1. The summed E-state index contributed by atoms with van der Waals surface area (Å²) in [6.07, 6.45) is 0.546. The van der Waals surface area contributed by atoms with Gasteiger partial charge in [-0.15, -0.1) is 0 Å². The number of aryl methyl sites for hydroxylation is 1. The highest BCUT2D eigenvalue weighted by Gasteiger charge is 2.31. The summed E-state index contributed by atoms with van der Waals surface area (Å²) in [5, 5.41) is 2.83. The second kappa shape index (κ2) is 8.10. The molecule has 2 aromatic carbocycles. The second-order valence-corrected chi connectivity index (χ2v) is 8.53. The van der Waals surface area contributed by atoms with Crippen molar-refractivity contribution in [1.29, 1.82) is 0 Å². The Bertz CT molecular complexity index is 974. The maximum Gasteiger partial charge on any atom is 0.265 e. The normalized spacial score (nSPS) is 16.5. The van der Waals surface area contributed by atoms with Crippen LogP contribution in [0.3, 0.4) is 0 Å². The van der Waals surface area contributed by atoms with E-state index in [1.54, 1.807) is 30.3 Å². The average molecular weight is 404 g/mol. The zero-order valence-corrected chi connectivity index (χ0v) is 17.0.